The van der Waals surface area contributed by atoms with Crippen LogP contribution in [0.5, 0.6) is 23.0 Å². The van der Waals surface area contributed by atoms with E-state index in [1.807, 2.05) is 0 Å². The first-order chi connectivity index (χ1) is 20.0. The number of hydrazone groups is 2. The third-order valence-electron chi connectivity index (χ3n) is 5.11. The maximum absolute atomic E-state index is 11.8. The van der Waals surface area contributed by atoms with Gasteiger partial charge in [0.2, 0.25) is 0 Å². The van der Waals surface area contributed by atoms with Gasteiger partial charge in [-0.15, -0.1) is 0 Å². The van der Waals surface area contributed by atoms with Crippen molar-refractivity contribution in [2.75, 3.05) is 0 Å². The van der Waals surface area contributed by atoms with E-state index < -0.39 is 11.8 Å². The van der Waals surface area contributed by atoms with E-state index in [9.17, 15) is 30.0 Å². The number of para-hydroxylation sites is 2. The second kappa shape index (κ2) is 18.8. The SMILES string of the molecule is O=C(N/N=C/c1cc(Br)cc(Br)c1[O-])c1ccccc1O.O=C(N/N=C/c1cc(Br)cc(Br)c1[O-])c1ccccc1O.[Cl-].[Fe+3]. The predicted molar refractivity (Wildman–Crippen MR) is 169 cm³/mol. The Balaban J connectivity index is 0.000000421. The average molecular weight is 917 g/mol. The number of hydrogen-bond acceptors (Lipinski definition) is 8. The van der Waals surface area contributed by atoms with Crippen molar-refractivity contribution < 1.29 is 59.5 Å². The van der Waals surface area contributed by atoms with E-state index in [2.05, 4.69) is 84.8 Å². The molecule has 0 saturated heterocycles. The van der Waals surface area contributed by atoms with E-state index in [0.29, 0.717) is 29.0 Å². The fraction of sp³-hybridized carbons (Fsp3) is 0. The minimum absolute atomic E-state index is 0. The van der Waals surface area contributed by atoms with Gasteiger partial charge in [0.15, 0.2) is 0 Å². The van der Waals surface area contributed by atoms with Crippen molar-refractivity contribution in [3.63, 3.8) is 0 Å². The van der Waals surface area contributed by atoms with Crippen LogP contribution >= 0.6 is 63.7 Å². The molecule has 229 valence electrons. The van der Waals surface area contributed by atoms with Crippen molar-refractivity contribution >= 4 is 88.0 Å². The summed E-state index contributed by atoms with van der Waals surface area (Å²) in [4.78, 5) is 23.6. The Morgan fingerprint density at radius 1 is 0.659 bits per heavy atom. The molecule has 0 heterocycles. The van der Waals surface area contributed by atoms with E-state index in [4.69, 9.17) is 0 Å². The van der Waals surface area contributed by atoms with Gasteiger partial charge < -0.3 is 32.8 Å². The fourth-order valence-corrected chi connectivity index (χ4v) is 5.64. The molecule has 4 aromatic rings. The van der Waals surface area contributed by atoms with Crippen LogP contribution in [0.3, 0.4) is 0 Å². The van der Waals surface area contributed by atoms with E-state index in [-0.39, 0.29) is 63.6 Å². The largest absolute Gasteiger partial charge is 3.00 e. The molecule has 0 fully saturated rings. The van der Waals surface area contributed by atoms with Crippen molar-refractivity contribution in [2.24, 2.45) is 10.2 Å². The second-order valence-corrected chi connectivity index (χ2v) is 11.6. The number of amides is 2. The number of nitrogens with zero attached hydrogens (tertiary/aromatic N) is 2. The zero-order chi connectivity index (χ0) is 30.8. The van der Waals surface area contributed by atoms with Crippen molar-refractivity contribution in [3.05, 3.63) is 113 Å². The summed E-state index contributed by atoms with van der Waals surface area (Å²) >= 11 is 12.8. The van der Waals surface area contributed by atoms with E-state index in [0.717, 1.165) is 0 Å². The van der Waals surface area contributed by atoms with Crippen molar-refractivity contribution in [1.82, 2.24) is 10.9 Å². The second-order valence-electron chi connectivity index (χ2n) is 8.04. The number of aromatic hydroxyl groups is 2. The minimum atomic E-state index is -0.564. The first-order valence-electron chi connectivity index (χ1n) is 11.5. The van der Waals surface area contributed by atoms with Crippen LogP contribution in [0.2, 0.25) is 0 Å². The van der Waals surface area contributed by atoms with Crippen LogP contribution in [-0.4, -0.2) is 34.5 Å². The van der Waals surface area contributed by atoms with Gasteiger partial charge in [-0.1, -0.05) is 99.5 Å². The summed E-state index contributed by atoms with van der Waals surface area (Å²) in [5.41, 5.74) is 5.35. The summed E-state index contributed by atoms with van der Waals surface area (Å²) in [6.07, 6.45) is 2.49. The summed E-state index contributed by atoms with van der Waals surface area (Å²) in [6.45, 7) is 0. The third kappa shape index (κ3) is 11.2. The molecule has 0 aliphatic heterocycles. The van der Waals surface area contributed by atoms with Gasteiger partial charge in [-0.2, -0.15) is 10.2 Å². The number of carbonyl (C=O) groups excluding carboxylic acids is 2. The molecule has 1 radical (unpaired) electrons. The average Bonchev–Trinajstić information content (AvgIpc) is 2.94. The minimum Gasteiger partial charge on any atom is -1.00 e. The zero-order valence-corrected chi connectivity index (χ0v) is 30.0. The zero-order valence-electron chi connectivity index (χ0n) is 21.7. The van der Waals surface area contributed by atoms with E-state index in [1.54, 1.807) is 48.5 Å². The van der Waals surface area contributed by atoms with Crippen LogP contribution in [0, 0.1) is 0 Å². The molecule has 16 heteroatoms. The first kappa shape index (κ1) is 39.1. The maximum atomic E-state index is 11.8. The Labute approximate surface area is 302 Å². The number of carbonyl (C=O) groups is 2. The van der Waals surface area contributed by atoms with Gasteiger partial charge in [-0.05, 0) is 59.7 Å². The van der Waals surface area contributed by atoms with Gasteiger partial charge in [-0.25, -0.2) is 10.9 Å². The van der Waals surface area contributed by atoms with E-state index in [1.165, 1.54) is 36.7 Å². The number of benzene rings is 4. The van der Waals surface area contributed by atoms with Gasteiger partial charge in [-0.3, -0.25) is 9.59 Å². The first-order valence-corrected chi connectivity index (χ1v) is 14.7. The Bertz CT molecular complexity index is 1570. The number of rotatable bonds is 6. The van der Waals surface area contributed by atoms with Gasteiger partial charge in [0.25, 0.3) is 11.8 Å². The van der Waals surface area contributed by atoms with Gasteiger partial charge in [0.05, 0.1) is 23.6 Å². The Morgan fingerprint density at radius 2 is 1.00 bits per heavy atom. The fourth-order valence-electron chi connectivity index (χ4n) is 3.12. The number of hydrogen-bond donors (Lipinski definition) is 4. The van der Waals surface area contributed by atoms with Crippen molar-refractivity contribution in [2.45, 2.75) is 0 Å². The summed E-state index contributed by atoms with van der Waals surface area (Å²) in [7, 11) is 0. The molecular weight excluding hydrogens is 899 g/mol. The van der Waals surface area contributed by atoms with Gasteiger partial charge in [0, 0.05) is 17.9 Å². The summed E-state index contributed by atoms with van der Waals surface area (Å²) in [5.74, 6) is -1.88. The predicted octanol–water partition coefficient (Wildman–Crippen LogP) is 2.51. The van der Waals surface area contributed by atoms with Crippen LogP contribution < -0.4 is 33.5 Å². The quantitative estimate of drug-likeness (QED) is 0.132. The molecule has 0 saturated carbocycles. The summed E-state index contributed by atoms with van der Waals surface area (Å²) in [6, 6.07) is 18.6. The van der Waals surface area contributed by atoms with Crippen LogP contribution in [0.15, 0.2) is 101 Å². The molecule has 0 atom stereocenters. The van der Waals surface area contributed by atoms with E-state index >= 15 is 0 Å². The molecule has 4 aromatic carbocycles. The van der Waals surface area contributed by atoms with Crippen LogP contribution in [0.1, 0.15) is 31.8 Å². The molecule has 0 aliphatic carbocycles. The number of halogens is 5. The van der Waals surface area contributed by atoms with Crippen LogP contribution in [0.25, 0.3) is 0 Å². The molecule has 0 aliphatic rings. The smallest absolute Gasteiger partial charge is 1.00 e. The van der Waals surface area contributed by atoms with Gasteiger partial charge in [0.1, 0.15) is 11.5 Å². The molecule has 0 spiro atoms. The Kier molecular flexibility index (Phi) is 16.7. The summed E-state index contributed by atoms with van der Waals surface area (Å²) < 4.78 is 2.21. The molecule has 4 rings (SSSR count). The number of phenolic OH excluding ortho intramolecular Hbond substituents is 2. The number of phenols is 2. The van der Waals surface area contributed by atoms with Gasteiger partial charge >= 0.3 is 17.1 Å². The normalized spacial score (nSPS) is 10.3. The molecule has 0 aromatic heterocycles. The monoisotopic (exact) mass is 913 g/mol. The molecule has 4 N–H and O–H groups in total. The molecule has 0 unspecified atom stereocenters. The molecular formula is C28H18Br4ClFeN4O6. The van der Waals surface area contributed by atoms with Crippen LogP contribution in [0.4, 0.5) is 0 Å². The topological polar surface area (TPSA) is 169 Å². The summed E-state index contributed by atoms with van der Waals surface area (Å²) in [5, 5.41) is 50.1. The van der Waals surface area contributed by atoms with Crippen molar-refractivity contribution in [3.8, 4) is 23.0 Å². The maximum Gasteiger partial charge on any atom is 3.00 e. The Morgan fingerprint density at radius 3 is 1.34 bits per heavy atom. The molecule has 2 amide bonds. The molecule has 0 bridgehead atoms. The molecule has 44 heavy (non-hydrogen) atoms. The van der Waals surface area contributed by atoms with Crippen LogP contribution in [-0.2, 0) is 17.1 Å². The molecule has 10 nitrogen and oxygen atoms in total. The van der Waals surface area contributed by atoms with Crippen molar-refractivity contribution in [1.29, 1.82) is 0 Å². The third-order valence-corrected chi connectivity index (χ3v) is 7.20. The standard InChI is InChI=1S/2C14H10Br2N2O3.ClH.Fe/c2*15-9-5-8(13(20)11(16)6-9)7-17-18-14(21)10-3-1-2-4-12(10)19;;/h2*1-7,19-20H,(H,18,21);1H;/q;;;+3/p-3/b2*17-7+;;. The number of nitrogens with one attached hydrogen (secondary N) is 2. The Hall–Kier alpha value is -2.91.